The van der Waals surface area contributed by atoms with Crippen LogP contribution in [0.3, 0.4) is 0 Å². The lowest BCUT2D eigenvalue weighted by atomic mass is 9.98. The van der Waals surface area contributed by atoms with E-state index in [9.17, 15) is 14.4 Å². The maximum Gasteiger partial charge on any atom is 0.407 e. The number of carboxylic acid groups (broad SMARTS) is 1. The molecule has 0 aromatic heterocycles. The van der Waals surface area contributed by atoms with E-state index in [0.29, 0.717) is 0 Å². The molecule has 3 rings (SSSR count). The van der Waals surface area contributed by atoms with E-state index in [-0.39, 0.29) is 25.4 Å². The Morgan fingerprint density at radius 3 is 2.12 bits per heavy atom. The summed E-state index contributed by atoms with van der Waals surface area (Å²) in [5.74, 6) is -2.09. The molecule has 0 aliphatic heterocycles. The third-order valence-electron chi connectivity index (χ3n) is 5.39. The Labute approximate surface area is 185 Å². The van der Waals surface area contributed by atoms with Crippen LogP contribution < -0.4 is 10.6 Å². The van der Waals surface area contributed by atoms with Gasteiger partial charge < -0.3 is 25.6 Å². The smallest absolute Gasteiger partial charge is 0.407 e. The van der Waals surface area contributed by atoms with E-state index in [2.05, 4.69) is 17.2 Å². The Morgan fingerprint density at radius 1 is 1.00 bits per heavy atom. The van der Waals surface area contributed by atoms with Gasteiger partial charge in [0.15, 0.2) is 0 Å². The zero-order valence-electron chi connectivity index (χ0n) is 17.5. The van der Waals surface area contributed by atoms with Gasteiger partial charge in [0.05, 0.1) is 0 Å². The molecule has 168 valence electrons. The van der Waals surface area contributed by atoms with E-state index in [1.165, 1.54) is 6.08 Å². The van der Waals surface area contributed by atoms with E-state index in [0.717, 1.165) is 22.3 Å². The molecular formula is C24H26N2O6. The Kier molecular flexibility index (Phi) is 7.62. The molecule has 0 fully saturated rings. The largest absolute Gasteiger partial charge is 0.480 e. The van der Waals surface area contributed by atoms with Gasteiger partial charge in [-0.05, 0) is 28.7 Å². The Balaban J connectivity index is 1.64. The van der Waals surface area contributed by atoms with Crippen molar-refractivity contribution in [3.05, 3.63) is 72.3 Å². The summed E-state index contributed by atoms with van der Waals surface area (Å²) in [4.78, 5) is 36.1. The predicted molar refractivity (Wildman–Crippen MR) is 118 cm³/mol. The molecule has 32 heavy (non-hydrogen) atoms. The first kappa shape index (κ1) is 23.0. The molecule has 2 aromatic carbocycles. The highest BCUT2D eigenvalue weighted by Gasteiger charge is 2.30. The van der Waals surface area contributed by atoms with Gasteiger partial charge in [0.25, 0.3) is 0 Å². The SMILES string of the molecule is C=CCC(NC(=O)OCC1c2ccccc2-c2ccccc21)C(=O)NC(CCO)C(=O)O. The summed E-state index contributed by atoms with van der Waals surface area (Å²) >= 11 is 0. The Hall–Kier alpha value is -3.65. The summed E-state index contributed by atoms with van der Waals surface area (Å²) < 4.78 is 5.45. The maximum absolute atomic E-state index is 12.5. The first-order valence-electron chi connectivity index (χ1n) is 10.3. The van der Waals surface area contributed by atoms with Crippen molar-refractivity contribution in [3.63, 3.8) is 0 Å². The number of benzene rings is 2. The first-order valence-corrected chi connectivity index (χ1v) is 10.3. The second-order valence-corrected chi connectivity index (χ2v) is 7.46. The molecule has 4 N–H and O–H groups in total. The summed E-state index contributed by atoms with van der Waals surface area (Å²) in [5, 5.41) is 22.9. The molecule has 0 bridgehead atoms. The lowest BCUT2D eigenvalue weighted by molar-refractivity contribution is -0.142. The standard InChI is InChI=1S/C24H26N2O6/c1-2-7-20(22(28)25-21(12-13-27)23(29)30)26-24(31)32-14-19-17-10-5-3-8-15(17)16-9-4-6-11-18(16)19/h2-6,8-11,19-21,27H,1,7,12-14H2,(H,25,28)(H,26,31)(H,29,30). The molecule has 0 spiro atoms. The molecule has 8 nitrogen and oxygen atoms in total. The molecule has 2 atom stereocenters. The van der Waals surface area contributed by atoms with E-state index < -0.39 is 36.7 Å². The molecule has 0 saturated heterocycles. The van der Waals surface area contributed by atoms with Crippen molar-refractivity contribution in [2.75, 3.05) is 13.2 Å². The lowest BCUT2D eigenvalue weighted by Gasteiger charge is -2.21. The van der Waals surface area contributed by atoms with Gasteiger partial charge in [-0.1, -0.05) is 54.6 Å². The van der Waals surface area contributed by atoms with Crippen molar-refractivity contribution in [2.24, 2.45) is 0 Å². The third kappa shape index (κ3) is 5.15. The van der Waals surface area contributed by atoms with Gasteiger partial charge >= 0.3 is 12.1 Å². The molecule has 0 radical (unpaired) electrons. The minimum atomic E-state index is -1.27. The van der Waals surface area contributed by atoms with Gasteiger partial charge in [-0.25, -0.2) is 9.59 Å². The summed E-state index contributed by atoms with van der Waals surface area (Å²) in [7, 11) is 0. The molecule has 8 heteroatoms. The highest BCUT2D eigenvalue weighted by Crippen LogP contribution is 2.44. The van der Waals surface area contributed by atoms with Crippen LogP contribution in [0.1, 0.15) is 29.9 Å². The van der Waals surface area contributed by atoms with Crippen LogP contribution in [0.4, 0.5) is 4.79 Å². The minimum absolute atomic E-state index is 0.0848. The van der Waals surface area contributed by atoms with Crippen LogP contribution in [0.5, 0.6) is 0 Å². The third-order valence-corrected chi connectivity index (χ3v) is 5.39. The van der Waals surface area contributed by atoms with Crippen LogP contribution in [0.15, 0.2) is 61.2 Å². The van der Waals surface area contributed by atoms with Crippen molar-refractivity contribution >= 4 is 18.0 Å². The average molecular weight is 438 g/mol. The van der Waals surface area contributed by atoms with Gasteiger partial charge in [0.2, 0.25) is 5.91 Å². The quantitative estimate of drug-likeness (QED) is 0.422. The zero-order valence-corrected chi connectivity index (χ0v) is 17.5. The van der Waals surface area contributed by atoms with E-state index in [4.69, 9.17) is 14.9 Å². The number of carbonyl (C=O) groups excluding carboxylic acids is 2. The summed E-state index contributed by atoms with van der Waals surface area (Å²) in [5.41, 5.74) is 4.33. The zero-order chi connectivity index (χ0) is 23.1. The van der Waals surface area contributed by atoms with E-state index in [1.54, 1.807) is 0 Å². The monoisotopic (exact) mass is 438 g/mol. The summed E-state index contributed by atoms with van der Waals surface area (Å²) in [6.45, 7) is 3.26. The fraction of sp³-hybridized carbons (Fsp3) is 0.292. The van der Waals surface area contributed by atoms with Gasteiger partial charge in [-0.2, -0.15) is 0 Å². The number of hydrogen-bond acceptors (Lipinski definition) is 5. The fourth-order valence-electron chi connectivity index (χ4n) is 3.84. The average Bonchev–Trinajstić information content (AvgIpc) is 3.10. The molecule has 2 aromatic rings. The highest BCUT2D eigenvalue weighted by molar-refractivity contribution is 5.89. The molecule has 0 saturated carbocycles. The first-order chi connectivity index (χ1) is 15.5. The number of carboxylic acids is 1. The number of aliphatic hydroxyl groups is 1. The number of rotatable bonds is 10. The van der Waals surface area contributed by atoms with Crippen molar-refractivity contribution in [3.8, 4) is 11.1 Å². The van der Waals surface area contributed by atoms with Gasteiger partial charge in [0.1, 0.15) is 18.7 Å². The lowest BCUT2D eigenvalue weighted by Crippen LogP contribution is -2.51. The molecule has 0 heterocycles. The second kappa shape index (κ2) is 10.6. The van der Waals surface area contributed by atoms with Crippen molar-refractivity contribution < 1.29 is 29.3 Å². The van der Waals surface area contributed by atoms with Gasteiger partial charge in [0, 0.05) is 18.9 Å². The van der Waals surface area contributed by atoms with Crippen LogP contribution >= 0.6 is 0 Å². The number of ether oxygens (including phenoxy) is 1. The van der Waals surface area contributed by atoms with E-state index >= 15 is 0 Å². The fourth-order valence-corrected chi connectivity index (χ4v) is 3.84. The topological polar surface area (TPSA) is 125 Å². The molecule has 1 aliphatic rings. The Bertz CT molecular complexity index is 960. The van der Waals surface area contributed by atoms with Gasteiger partial charge in [-0.3, -0.25) is 4.79 Å². The van der Waals surface area contributed by atoms with Crippen LogP contribution in [0.25, 0.3) is 11.1 Å². The molecule has 2 unspecified atom stereocenters. The summed E-state index contributed by atoms with van der Waals surface area (Å²) in [6, 6.07) is 13.6. The van der Waals surface area contributed by atoms with Crippen LogP contribution in [0, 0.1) is 0 Å². The van der Waals surface area contributed by atoms with Gasteiger partial charge in [-0.15, -0.1) is 6.58 Å². The number of amides is 2. The normalized spacial score (nSPS) is 13.9. The number of aliphatic carboxylic acids is 1. The van der Waals surface area contributed by atoms with E-state index in [1.807, 2.05) is 48.5 Å². The van der Waals surface area contributed by atoms with Crippen molar-refractivity contribution in [2.45, 2.75) is 30.8 Å². The highest BCUT2D eigenvalue weighted by atomic mass is 16.5. The number of aliphatic hydroxyl groups excluding tert-OH is 1. The molecule has 2 amide bonds. The number of carbonyl (C=O) groups is 3. The summed E-state index contributed by atoms with van der Waals surface area (Å²) in [6.07, 6.45) is 0.590. The van der Waals surface area contributed by atoms with Crippen LogP contribution in [-0.2, 0) is 14.3 Å². The van der Waals surface area contributed by atoms with Crippen LogP contribution in [0.2, 0.25) is 0 Å². The second-order valence-electron chi connectivity index (χ2n) is 7.46. The van der Waals surface area contributed by atoms with Crippen molar-refractivity contribution in [1.29, 1.82) is 0 Å². The number of fused-ring (bicyclic) bond motifs is 3. The number of alkyl carbamates (subject to hydrolysis) is 1. The maximum atomic E-state index is 12.5. The van der Waals surface area contributed by atoms with Crippen molar-refractivity contribution in [1.82, 2.24) is 10.6 Å². The number of nitrogens with one attached hydrogen (secondary N) is 2. The molecular weight excluding hydrogens is 412 g/mol. The minimum Gasteiger partial charge on any atom is -0.480 e. The number of hydrogen-bond donors (Lipinski definition) is 4. The van der Waals surface area contributed by atoms with Crippen LogP contribution in [-0.4, -0.2) is 53.5 Å². The molecule has 1 aliphatic carbocycles. The Morgan fingerprint density at radius 2 is 1.59 bits per heavy atom. The predicted octanol–water partition coefficient (Wildman–Crippen LogP) is 2.42.